The smallest absolute Gasteiger partial charge is 0.261 e. The number of carbonyl (C=O) groups is 1. The zero-order valence-corrected chi connectivity index (χ0v) is 14.4. The van der Waals surface area contributed by atoms with Crippen molar-refractivity contribution in [1.29, 1.82) is 0 Å². The highest BCUT2D eigenvalue weighted by Gasteiger charge is 2.24. The summed E-state index contributed by atoms with van der Waals surface area (Å²) < 4.78 is 2.06. The average Bonchev–Trinajstić information content (AvgIpc) is 2.94. The van der Waals surface area contributed by atoms with Gasteiger partial charge in [0.1, 0.15) is 5.56 Å². The fraction of sp³-hybridized carbons (Fsp3) is 0.238. The lowest BCUT2D eigenvalue weighted by atomic mass is 10.1. The Morgan fingerprint density at radius 1 is 1.20 bits per heavy atom. The van der Waals surface area contributed by atoms with Gasteiger partial charge in [-0.2, -0.15) is 0 Å². The first-order valence-electron chi connectivity index (χ1n) is 8.66. The summed E-state index contributed by atoms with van der Waals surface area (Å²) in [5.74, 6) is -0.346. The molecular formula is C21H20N2O2. The molecule has 4 nitrogen and oxygen atoms in total. The maximum Gasteiger partial charge on any atom is 0.261 e. The van der Waals surface area contributed by atoms with Crippen molar-refractivity contribution in [3.05, 3.63) is 75.6 Å². The summed E-state index contributed by atoms with van der Waals surface area (Å²) in [6, 6.07) is 13.7. The van der Waals surface area contributed by atoms with E-state index in [0.717, 1.165) is 29.6 Å². The number of hydrogen-bond acceptors (Lipinski definition) is 2. The first kappa shape index (κ1) is 15.6. The van der Waals surface area contributed by atoms with Gasteiger partial charge in [-0.15, -0.1) is 0 Å². The second-order valence-electron chi connectivity index (χ2n) is 6.61. The Labute approximate surface area is 146 Å². The van der Waals surface area contributed by atoms with E-state index in [1.807, 2.05) is 43.3 Å². The molecule has 0 unspecified atom stereocenters. The third kappa shape index (κ3) is 2.45. The molecule has 3 aromatic rings. The summed E-state index contributed by atoms with van der Waals surface area (Å²) in [6.07, 6.45) is 3.43. The molecule has 4 heteroatoms. The maximum absolute atomic E-state index is 12.9. The number of nitrogens with one attached hydrogen (secondary N) is 1. The summed E-state index contributed by atoms with van der Waals surface area (Å²) in [7, 11) is 0. The van der Waals surface area contributed by atoms with Gasteiger partial charge in [-0.1, -0.05) is 37.3 Å². The van der Waals surface area contributed by atoms with Gasteiger partial charge in [0.05, 0.1) is 5.52 Å². The van der Waals surface area contributed by atoms with Crippen LogP contribution in [0.5, 0.6) is 0 Å². The van der Waals surface area contributed by atoms with Crippen LogP contribution in [0.1, 0.15) is 41.4 Å². The monoisotopic (exact) mass is 332 g/mol. The second-order valence-corrected chi connectivity index (χ2v) is 6.61. The molecule has 1 aliphatic heterocycles. The quantitative estimate of drug-likeness (QED) is 0.790. The van der Waals surface area contributed by atoms with E-state index in [4.69, 9.17) is 0 Å². The molecule has 126 valence electrons. The van der Waals surface area contributed by atoms with E-state index < -0.39 is 0 Å². The fourth-order valence-corrected chi connectivity index (χ4v) is 3.72. The van der Waals surface area contributed by atoms with E-state index in [1.165, 1.54) is 5.56 Å². The summed E-state index contributed by atoms with van der Waals surface area (Å²) >= 11 is 0. The van der Waals surface area contributed by atoms with E-state index in [9.17, 15) is 9.59 Å². The summed E-state index contributed by atoms with van der Waals surface area (Å²) in [6.45, 7) is 4.15. The van der Waals surface area contributed by atoms with Crippen molar-refractivity contribution >= 4 is 22.5 Å². The molecule has 0 bridgehead atoms. The van der Waals surface area contributed by atoms with Gasteiger partial charge in [0.15, 0.2) is 0 Å². The molecule has 0 fully saturated rings. The molecule has 2 heterocycles. The third-order valence-corrected chi connectivity index (χ3v) is 5.02. The molecule has 2 aromatic carbocycles. The number of benzene rings is 2. The predicted molar refractivity (Wildman–Crippen MR) is 100 cm³/mol. The third-order valence-electron chi connectivity index (χ3n) is 5.02. The first-order valence-corrected chi connectivity index (χ1v) is 8.66. The van der Waals surface area contributed by atoms with Crippen LogP contribution in [-0.2, 0) is 12.8 Å². The highest BCUT2D eigenvalue weighted by molar-refractivity contribution is 6.06. The van der Waals surface area contributed by atoms with Crippen molar-refractivity contribution in [2.45, 2.75) is 32.7 Å². The molecule has 0 saturated heterocycles. The lowest BCUT2D eigenvalue weighted by molar-refractivity contribution is 0.102. The minimum absolute atomic E-state index is 0.198. The van der Waals surface area contributed by atoms with Gasteiger partial charge < -0.3 is 9.88 Å². The van der Waals surface area contributed by atoms with E-state index >= 15 is 0 Å². The van der Waals surface area contributed by atoms with Gasteiger partial charge in [0.2, 0.25) is 5.43 Å². The van der Waals surface area contributed by atoms with Crippen LogP contribution < -0.4 is 10.7 Å². The highest BCUT2D eigenvalue weighted by atomic mass is 16.2. The zero-order chi connectivity index (χ0) is 17.6. The number of amides is 1. The van der Waals surface area contributed by atoms with Gasteiger partial charge >= 0.3 is 0 Å². The molecular weight excluding hydrogens is 312 g/mol. The molecule has 0 spiro atoms. The number of aryl methyl sites for hydroxylation is 1. The highest BCUT2D eigenvalue weighted by Crippen LogP contribution is 2.31. The molecule has 1 atom stereocenters. The van der Waals surface area contributed by atoms with Crippen molar-refractivity contribution in [2.24, 2.45) is 0 Å². The minimum atomic E-state index is -0.346. The van der Waals surface area contributed by atoms with Crippen molar-refractivity contribution in [1.82, 2.24) is 4.57 Å². The van der Waals surface area contributed by atoms with Crippen LogP contribution in [0, 0.1) is 0 Å². The Morgan fingerprint density at radius 2 is 2.00 bits per heavy atom. The zero-order valence-electron chi connectivity index (χ0n) is 14.4. The molecule has 1 aromatic heterocycles. The number of hydrogen-bond donors (Lipinski definition) is 1. The summed E-state index contributed by atoms with van der Waals surface area (Å²) in [5.41, 5.74) is 3.95. The normalized spacial score (nSPS) is 15.5. The first-order chi connectivity index (χ1) is 12.1. The van der Waals surface area contributed by atoms with Crippen LogP contribution in [-0.4, -0.2) is 10.5 Å². The predicted octanol–water partition coefficient (Wildman–Crippen LogP) is 3.93. The number of carbonyl (C=O) groups excluding carboxylic acids is 1. The number of pyridine rings is 1. The minimum Gasteiger partial charge on any atom is -0.343 e. The van der Waals surface area contributed by atoms with Crippen LogP contribution in [0.2, 0.25) is 0 Å². The molecule has 25 heavy (non-hydrogen) atoms. The molecule has 1 aliphatic rings. The summed E-state index contributed by atoms with van der Waals surface area (Å²) in [4.78, 5) is 25.7. The van der Waals surface area contributed by atoms with Gasteiger partial charge in [-0.05, 0) is 43.0 Å². The average molecular weight is 332 g/mol. The molecule has 4 rings (SSSR count). The van der Waals surface area contributed by atoms with Crippen molar-refractivity contribution in [2.75, 3.05) is 5.32 Å². The molecule has 0 radical (unpaired) electrons. The van der Waals surface area contributed by atoms with E-state index in [0.29, 0.717) is 5.39 Å². The van der Waals surface area contributed by atoms with Crippen molar-refractivity contribution in [3.8, 4) is 0 Å². The molecule has 0 saturated carbocycles. The lowest BCUT2D eigenvalue weighted by Crippen LogP contribution is -2.24. The molecule has 1 amide bonds. The van der Waals surface area contributed by atoms with Gasteiger partial charge in [0.25, 0.3) is 5.91 Å². The second kappa shape index (κ2) is 5.88. The van der Waals surface area contributed by atoms with Gasteiger partial charge in [-0.25, -0.2) is 0 Å². The van der Waals surface area contributed by atoms with Crippen LogP contribution in [0.15, 0.2) is 53.5 Å². The standard InChI is InChI=1S/C21H20N2O2/c1-3-14-7-4-5-10-18(14)22-21(25)17-12-23-13(2)11-15-8-6-9-16(19(15)23)20(17)24/h4-10,12-13H,3,11H2,1-2H3,(H,22,25)/t13-/m1/s1. The number of aromatic nitrogens is 1. The van der Waals surface area contributed by atoms with E-state index in [2.05, 4.69) is 22.9 Å². The Balaban J connectivity index is 1.82. The molecule has 1 N–H and O–H groups in total. The largest absolute Gasteiger partial charge is 0.343 e. The number of rotatable bonds is 3. The SMILES string of the molecule is CCc1ccccc1NC(=O)c1cn2c3c(cccc3c1=O)C[C@H]2C. The summed E-state index contributed by atoms with van der Waals surface area (Å²) in [5, 5.41) is 3.54. The van der Waals surface area contributed by atoms with Crippen LogP contribution in [0.25, 0.3) is 10.9 Å². The maximum atomic E-state index is 12.9. The Bertz CT molecular complexity index is 1050. The van der Waals surface area contributed by atoms with Crippen molar-refractivity contribution < 1.29 is 4.79 Å². The van der Waals surface area contributed by atoms with E-state index in [-0.39, 0.29) is 22.9 Å². The van der Waals surface area contributed by atoms with Crippen molar-refractivity contribution in [3.63, 3.8) is 0 Å². The van der Waals surface area contributed by atoms with Crippen LogP contribution >= 0.6 is 0 Å². The molecule has 0 aliphatic carbocycles. The number of nitrogens with zero attached hydrogens (tertiary/aromatic N) is 1. The Morgan fingerprint density at radius 3 is 2.80 bits per heavy atom. The van der Waals surface area contributed by atoms with Gasteiger partial charge in [0, 0.05) is 23.3 Å². The van der Waals surface area contributed by atoms with Gasteiger partial charge in [-0.3, -0.25) is 9.59 Å². The van der Waals surface area contributed by atoms with E-state index in [1.54, 1.807) is 6.20 Å². The fourth-order valence-electron chi connectivity index (χ4n) is 3.72. The topological polar surface area (TPSA) is 51.1 Å². The Hall–Kier alpha value is -2.88. The Kier molecular flexibility index (Phi) is 3.68. The van der Waals surface area contributed by atoms with Crippen LogP contribution in [0.3, 0.4) is 0 Å². The number of para-hydroxylation sites is 2. The van der Waals surface area contributed by atoms with Crippen LogP contribution in [0.4, 0.5) is 5.69 Å². The lowest BCUT2D eigenvalue weighted by Gasteiger charge is -2.13. The number of anilines is 1.